The summed E-state index contributed by atoms with van der Waals surface area (Å²) in [7, 11) is 1.86. The summed E-state index contributed by atoms with van der Waals surface area (Å²) < 4.78 is 7.26. The van der Waals surface area contributed by atoms with Crippen molar-refractivity contribution in [3.63, 3.8) is 0 Å². The van der Waals surface area contributed by atoms with Gasteiger partial charge in [0.2, 0.25) is 0 Å². The molecule has 1 aromatic rings. The van der Waals surface area contributed by atoms with Gasteiger partial charge in [0.1, 0.15) is 0 Å². The van der Waals surface area contributed by atoms with Crippen LogP contribution in [-0.4, -0.2) is 56.9 Å². The molecule has 0 spiro atoms. The van der Waals surface area contributed by atoms with Gasteiger partial charge in [-0.05, 0) is 19.4 Å². The summed E-state index contributed by atoms with van der Waals surface area (Å²) in [6.07, 6.45) is 4.75. The van der Waals surface area contributed by atoms with Crippen LogP contribution in [0.1, 0.15) is 31.9 Å². The van der Waals surface area contributed by atoms with Crippen molar-refractivity contribution in [3.8, 4) is 0 Å². The fourth-order valence-electron chi connectivity index (χ4n) is 2.51. The molecule has 1 aliphatic heterocycles. The van der Waals surface area contributed by atoms with Crippen molar-refractivity contribution >= 4 is 0 Å². The van der Waals surface area contributed by atoms with Crippen LogP contribution in [0.3, 0.4) is 0 Å². The molecule has 2 rings (SSSR count). The molecule has 1 saturated heterocycles. The van der Waals surface area contributed by atoms with Gasteiger partial charge >= 0.3 is 0 Å². The molecular weight excluding hydrogens is 244 g/mol. The number of aromatic nitrogens is 3. The number of aryl methyl sites for hydroxylation is 1. The van der Waals surface area contributed by atoms with Gasteiger partial charge in [0.05, 0.1) is 17.9 Å². The van der Waals surface area contributed by atoms with Crippen molar-refractivity contribution < 1.29 is 9.84 Å². The number of nitrogens with zero attached hydrogens (tertiary/aromatic N) is 4. The summed E-state index contributed by atoms with van der Waals surface area (Å²) in [5.74, 6) is 0. The maximum atomic E-state index is 10.1. The molecule has 0 bridgehead atoms. The number of aliphatic hydroxyl groups is 1. The van der Waals surface area contributed by atoms with Gasteiger partial charge < -0.3 is 9.84 Å². The summed E-state index contributed by atoms with van der Waals surface area (Å²) in [5.41, 5.74) is 0.939. The molecule has 0 radical (unpaired) electrons. The first-order valence-electron chi connectivity index (χ1n) is 7.04. The number of aliphatic hydroxyl groups excluding tert-OH is 1. The topological polar surface area (TPSA) is 63.4 Å². The van der Waals surface area contributed by atoms with Gasteiger partial charge in [-0.15, -0.1) is 5.10 Å². The Bertz CT molecular complexity index is 376. The Hall–Kier alpha value is -0.980. The zero-order valence-electron chi connectivity index (χ0n) is 11.8. The van der Waals surface area contributed by atoms with E-state index in [1.165, 1.54) is 0 Å². The van der Waals surface area contributed by atoms with Crippen LogP contribution in [0.25, 0.3) is 0 Å². The fourth-order valence-corrected chi connectivity index (χ4v) is 2.51. The monoisotopic (exact) mass is 268 g/mol. The largest absolute Gasteiger partial charge is 0.392 e. The third-order valence-electron chi connectivity index (χ3n) is 3.51. The van der Waals surface area contributed by atoms with Crippen LogP contribution < -0.4 is 0 Å². The normalized spacial score (nSPS) is 21.2. The predicted octanol–water partition coefficient (Wildman–Crippen LogP) is 0.567. The Balaban J connectivity index is 1.77. The first kappa shape index (κ1) is 14.4. The van der Waals surface area contributed by atoms with Crippen LogP contribution >= 0.6 is 0 Å². The van der Waals surface area contributed by atoms with E-state index in [0.717, 1.165) is 44.7 Å². The van der Waals surface area contributed by atoms with Crippen LogP contribution in [-0.2, 0) is 18.3 Å². The number of likely N-dealkylation sites (N-methyl/N-ethyl adjacent to an activating group) is 1. The smallest absolute Gasteiger partial charge is 0.0967 e. The molecule has 0 amide bonds. The Kier molecular flexibility index (Phi) is 5.30. The Morgan fingerprint density at radius 3 is 3.05 bits per heavy atom. The van der Waals surface area contributed by atoms with E-state index < -0.39 is 0 Å². The molecule has 108 valence electrons. The summed E-state index contributed by atoms with van der Waals surface area (Å²) >= 11 is 0. The summed E-state index contributed by atoms with van der Waals surface area (Å²) in [6, 6.07) is 0. The van der Waals surface area contributed by atoms with Gasteiger partial charge in [0.25, 0.3) is 0 Å². The Morgan fingerprint density at radius 2 is 2.47 bits per heavy atom. The van der Waals surface area contributed by atoms with E-state index in [1.54, 1.807) is 4.68 Å². The molecule has 1 N–H and O–H groups in total. The Morgan fingerprint density at radius 1 is 1.63 bits per heavy atom. The summed E-state index contributed by atoms with van der Waals surface area (Å²) in [4.78, 5) is 2.18. The van der Waals surface area contributed by atoms with E-state index in [1.807, 2.05) is 13.2 Å². The highest BCUT2D eigenvalue weighted by Gasteiger charge is 2.21. The van der Waals surface area contributed by atoms with Crippen LogP contribution in [0, 0.1) is 0 Å². The van der Waals surface area contributed by atoms with Crippen LogP contribution in [0.15, 0.2) is 6.20 Å². The molecule has 1 aromatic heterocycles. The molecule has 19 heavy (non-hydrogen) atoms. The van der Waals surface area contributed by atoms with Crippen LogP contribution in [0.4, 0.5) is 0 Å². The molecule has 2 atom stereocenters. The van der Waals surface area contributed by atoms with Crippen LogP contribution in [0.2, 0.25) is 0 Å². The maximum absolute atomic E-state index is 10.1. The van der Waals surface area contributed by atoms with Crippen molar-refractivity contribution in [1.82, 2.24) is 19.9 Å². The molecule has 0 aliphatic carbocycles. The van der Waals surface area contributed by atoms with Crippen molar-refractivity contribution in [1.29, 1.82) is 0 Å². The van der Waals surface area contributed by atoms with Crippen molar-refractivity contribution in [2.75, 3.05) is 19.7 Å². The predicted molar refractivity (Wildman–Crippen MR) is 71.6 cm³/mol. The summed E-state index contributed by atoms with van der Waals surface area (Å²) in [5, 5.41) is 18.1. The van der Waals surface area contributed by atoms with E-state index in [2.05, 4.69) is 22.1 Å². The van der Waals surface area contributed by atoms with Crippen molar-refractivity contribution in [2.45, 2.75) is 44.9 Å². The van der Waals surface area contributed by atoms with E-state index in [0.29, 0.717) is 6.54 Å². The molecule has 1 fully saturated rings. The first-order valence-corrected chi connectivity index (χ1v) is 7.04. The van der Waals surface area contributed by atoms with Gasteiger partial charge in [-0.1, -0.05) is 12.1 Å². The molecule has 6 nitrogen and oxygen atoms in total. The first-order chi connectivity index (χ1) is 9.17. The second kappa shape index (κ2) is 6.98. The number of ether oxygens (including phenoxy) is 1. The standard InChI is InChI=1S/C13H24N4O2/c1-3-17(9-11-8-16(2)15-14-11)10-12(18)7-13-5-4-6-19-13/h8,12-13,18H,3-7,9-10H2,1-2H3. The highest BCUT2D eigenvalue weighted by molar-refractivity contribution is 4.91. The minimum Gasteiger partial charge on any atom is -0.392 e. The molecular formula is C13H24N4O2. The minimum atomic E-state index is -0.334. The minimum absolute atomic E-state index is 0.241. The lowest BCUT2D eigenvalue weighted by molar-refractivity contribution is 0.0358. The van der Waals surface area contributed by atoms with Gasteiger partial charge in [0, 0.05) is 39.4 Å². The lowest BCUT2D eigenvalue weighted by Crippen LogP contribution is -2.34. The third kappa shape index (κ3) is 4.56. The van der Waals surface area contributed by atoms with Crippen molar-refractivity contribution in [2.24, 2.45) is 7.05 Å². The molecule has 0 saturated carbocycles. The lowest BCUT2D eigenvalue weighted by Gasteiger charge is -2.24. The molecule has 0 aromatic carbocycles. The molecule has 2 heterocycles. The summed E-state index contributed by atoms with van der Waals surface area (Å²) in [6.45, 7) is 5.21. The number of rotatable bonds is 7. The number of hydrogen-bond acceptors (Lipinski definition) is 5. The van der Waals surface area contributed by atoms with E-state index in [4.69, 9.17) is 4.74 Å². The highest BCUT2D eigenvalue weighted by Crippen LogP contribution is 2.17. The molecule has 6 heteroatoms. The maximum Gasteiger partial charge on any atom is 0.0967 e. The van der Waals surface area contributed by atoms with Gasteiger partial charge in [-0.2, -0.15) is 0 Å². The van der Waals surface area contributed by atoms with Gasteiger partial charge in [-0.3, -0.25) is 9.58 Å². The highest BCUT2D eigenvalue weighted by atomic mass is 16.5. The average molecular weight is 268 g/mol. The SMILES string of the molecule is CCN(Cc1cn(C)nn1)CC(O)CC1CCCO1. The molecule has 1 aliphatic rings. The van der Waals surface area contributed by atoms with Crippen molar-refractivity contribution in [3.05, 3.63) is 11.9 Å². The van der Waals surface area contributed by atoms with Gasteiger partial charge in [-0.25, -0.2) is 0 Å². The van der Waals surface area contributed by atoms with E-state index in [9.17, 15) is 5.11 Å². The van der Waals surface area contributed by atoms with Crippen LogP contribution in [0.5, 0.6) is 0 Å². The van der Waals surface area contributed by atoms with E-state index in [-0.39, 0.29) is 12.2 Å². The Labute approximate surface area is 114 Å². The molecule has 2 unspecified atom stereocenters. The lowest BCUT2D eigenvalue weighted by atomic mass is 10.1. The second-order valence-electron chi connectivity index (χ2n) is 5.24. The van der Waals surface area contributed by atoms with E-state index >= 15 is 0 Å². The number of hydrogen-bond donors (Lipinski definition) is 1. The van der Waals surface area contributed by atoms with Gasteiger partial charge in [0.15, 0.2) is 0 Å². The zero-order chi connectivity index (χ0) is 13.7. The fraction of sp³-hybridized carbons (Fsp3) is 0.846. The third-order valence-corrected chi connectivity index (χ3v) is 3.51. The quantitative estimate of drug-likeness (QED) is 0.783. The zero-order valence-corrected chi connectivity index (χ0v) is 11.8. The average Bonchev–Trinajstić information content (AvgIpc) is 3.00. The second-order valence-corrected chi connectivity index (χ2v) is 5.24.